The summed E-state index contributed by atoms with van der Waals surface area (Å²) >= 11 is 0. The van der Waals surface area contributed by atoms with Crippen LogP contribution in [0.25, 0.3) is 0 Å². The first-order valence-corrected chi connectivity index (χ1v) is 19.4. The van der Waals surface area contributed by atoms with Crippen molar-refractivity contribution in [1.82, 2.24) is 44.6 Å². The third kappa shape index (κ3) is 7.39. The zero-order chi connectivity index (χ0) is 42.2. The monoisotopic (exact) mass is 832 g/mol. The first kappa shape index (κ1) is 41.9. The number of aromatic nitrogens is 6. The number of hydrogen-bond acceptors (Lipinski definition) is 15. The molecule has 4 aromatic heterocycles. The lowest BCUT2D eigenvalue weighted by Gasteiger charge is -2.41. The van der Waals surface area contributed by atoms with E-state index in [2.05, 4.69) is 52.9 Å². The number of imide groups is 1. The van der Waals surface area contributed by atoms with Crippen molar-refractivity contribution in [1.29, 1.82) is 0 Å². The quantitative estimate of drug-likeness (QED) is 0.0728. The first-order chi connectivity index (χ1) is 29.1. The third-order valence-electron chi connectivity index (χ3n) is 11.5. The second-order valence-corrected chi connectivity index (χ2v) is 15.1. The molecule has 0 radical (unpaired) electrons. The fourth-order valence-electron chi connectivity index (χ4n) is 9.05. The number of hydrogen-bond donors (Lipinski definition) is 7. The van der Waals surface area contributed by atoms with Gasteiger partial charge in [0.2, 0.25) is 0 Å². The number of nitrogens with one attached hydrogen (secondary N) is 4. The Morgan fingerprint density at radius 3 is 1.57 bits per heavy atom. The summed E-state index contributed by atoms with van der Waals surface area (Å²) in [6.45, 7) is 0. The minimum atomic E-state index is -1.02. The summed E-state index contributed by atoms with van der Waals surface area (Å²) in [4.78, 5) is 95.0. The van der Waals surface area contributed by atoms with Crippen molar-refractivity contribution in [3.05, 3.63) is 129 Å². The third-order valence-corrected chi connectivity index (χ3v) is 11.5. The molecular weight excluding hydrogens is 789 g/mol. The number of anilines is 4. The fourth-order valence-corrected chi connectivity index (χ4v) is 9.05. The molecule has 316 valence electrons. The molecule has 61 heavy (non-hydrogen) atoms. The second kappa shape index (κ2) is 16.8. The van der Waals surface area contributed by atoms with Crippen LogP contribution in [0.1, 0.15) is 93.1 Å². The Morgan fingerprint density at radius 2 is 1.11 bits per heavy atom. The zero-order valence-corrected chi connectivity index (χ0v) is 32.7. The number of amides is 4. The van der Waals surface area contributed by atoms with Gasteiger partial charge in [-0.15, -0.1) is 0 Å². The Labute approximate surface area is 347 Å². The number of carbonyl (C=O) groups excluding carboxylic acids is 4. The lowest BCUT2D eigenvalue weighted by Crippen LogP contribution is -2.55. The number of nitrogens with zero attached hydrogens (tertiary/aromatic N) is 7. The highest BCUT2D eigenvalue weighted by atomic mass is 16.2. The smallest absolute Gasteiger partial charge is 0.276 e. The van der Waals surface area contributed by atoms with Gasteiger partial charge in [0, 0.05) is 37.3 Å². The van der Waals surface area contributed by atoms with Gasteiger partial charge >= 0.3 is 0 Å². The predicted octanol–water partition coefficient (Wildman–Crippen LogP) is 0.690. The molecular formula is C40H44N14O7. The second-order valence-electron chi connectivity index (χ2n) is 15.1. The summed E-state index contributed by atoms with van der Waals surface area (Å²) in [6.07, 6.45) is 11.0. The van der Waals surface area contributed by atoms with Crippen LogP contribution >= 0.6 is 0 Å². The minimum Gasteiger partial charge on any atom is -0.412 e. The maximum atomic E-state index is 13.5. The molecule has 0 bridgehead atoms. The van der Waals surface area contributed by atoms with E-state index in [0.29, 0.717) is 66.2 Å². The average molecular weight is 833 g/mol. The van der Waals surface area contributed by atoms with Gasteiger partial charge in [-0.1, -0.05) is 12.1 Å². The van der Waals surface area contributed by atoms with Gasteiger partial charge in [0.1, 0.15) is 58.4 Å². The van der Waals surface area contributed by atoms with Gasteiger partial charge in [0.15, 0.2) is 0 Å². The van der Waals surface area contributed by atoms with Crippen molar-refractivity contribution in [2.75, 3.05) is 10.6 Å². The van der Waals surface area contributed by atoms with Crippen LogP contribution in [0.5, 0.6) is 0 Å². The van der Waals surface area contributed by atoms with Crippen LogP contribution in [0.2, 0.25) is 0 Å². The van der Waals surface area contributed by atoms with Crippen LogP contribution in [-0.2, 0) is 11.3 Å². The van der Waals surface area contributed by atoms with Crippen LogP contribution in [0.4, 0.5) is 23.0 Å². The van der Waals surface area contributed by atoms with E-state index in [1.807, 2.05) is 0 Å². The molecule has 2 spiro atoms. The van der Waals surface area contributed by atoms with Gasteiger partial charge in [-0.05, 0) is 87.1 Å². The molecule has 0 saturated heterocycles. The van der Waals surface area contributed by atoms with E-state index in [-0.39, 0.29) is 64.1 Å². The standard InChI is InChI=1S/C24H20N6O4.C16H18N6O2.H4N2.H2O/c31-20-18-8-7-17(27-19-9-11-25-13-26-19)23(34)30(18)24(28-20)10-3-4-14(12-24)29-21(32)15-5-1-2-6-16(15)22(29)33;17-10-2-1-6-16(8-10)21-14(23)12-4-3-11(15(24)22(12)16)20-13-5-7-18-9-19-13;1-2;/h1-2,5-9,11,13-14H,3-4,10,12H2,(H,28,31)(H,25,26,27);3-5,7,9-10H,1-2,6,8,17H2,(H,21,23)(H,18,19,20);1-2H2;1H2/t14-,24?;10-,16?;;/m00../s1. The van der Waals surface area contributed by atoms with E-state index < -0.39 is 17.4 Å². The number of benzene rings is 1. The summed E-state index contributed by atoms with van der Waals surface area (Å²) < 4.78 is 3.04. The lowest BCUT2D eigenvalue weighted by atomic mass is 9.84. The number of pyridine rings is 2. The molecule has 5 aliphatic rings. The zero-order valence-electron chi connectivity index (χ0n) is 32.7. The van der Waals surface area contributed by atoms with Gasteiger partial charge in [0.25, 0.3) is 34.7 Å². The number of fused-ring (bicyclic) bond motifs is 5. The molecule has 7 heterocycles. The van der Waals surface area contributed by atoms with Gasteiger partial charge in [0.05, 0.1) is 11.1 Å². The minimum absolute atomic E-state index is 0. The number of carbonyl (C=O) groups is 4. The highest BCUT2D eigenvalue weighted by molar-refractivity contribution is 6.21. The largest absolute Gasteiger partial charge is 0.412 e. The Balaban J connectivity index is 0.000000184. The van der Waals surface area contributed by atoms with Gasteiger partial charge in [-0.25, -0.2) is 19.9 Å². The molecule has 12 N–H and O–H groups in total. The Morgan fingerprint density at radius 1 is 0.639 bits per heavy atom. The average Bonchev–Trinajstić information content (AvgIpc) is 3.80. The van der Waals surface area contributed by atoms with Crippen molar-refractivity contribution in [2.24, 2.45) is 17.4 Å². The molecule has 4 atom stereocenters. The van der Waals surface area contributed by atoms with E-state index >= 15 is 0 Å². The highest BCUT2D eigenvalue weighted by Crippen LogP contribution is 2.41. The number of rotatable bonds is 5. The maximum absolute atomic E-state index is 13.5. The van der Waals surface area contributed by atoms with Gasteiger partial charge in [-0.2, -0.15) is 0 Å². The van der Waals surface area contributed by atoms with Gasteiger partial charge < -0.3 is 32.5 Å². The van der Waals surface area contributed by atoms with Crippen LogP contribution < -0.4 is 49.8 Å². The van der Waals surface area contributed by atoms with Crippen molar-refractivity contribution in [3.8, 4) is 0 Å². The molecule has 2 aliphatic carbocycles. The maximum Gasteiger partial charge on any atom is 0.276 e. The summed E-state index contributed by atoms with van der Waals surface area (Å²) in [5.74, 6) is 7.72. The van der Waals surface area contributed by atoms with Crippen LogP contribution in [-0.4, -0.2) is 75.2 Å². The molecule has 1 aromatic carbocycles. The predicted molar refractivity (Wildman–Crippen MR) is 221 cm³/mol. The van der Waals surface area contributed by atoms with Crippen molar-refractivity contribution >= 4 is 46.6 Å². The number of hydrazine groups is 1. The van der Waals surface area contributed by atoms with Crippen molar-refractivity contribution < 1.29 is 24.7 Å². The Bertz CT molecular complexity index is 2590. The summed E-state index contributed by atoms with van der Waals surface area (Å²) in [5, 5.41) is 12.0. The van der Waals surface area contributed by atoms with Crippen LogP contribution in [0.3, 0.4) is 0 Å². The van der Waals surface area contributed by atoms with Gasteiger partial charge in [-0.3, -0.25) is 54.5 Å². The van der Waals surface area contributed by atoms with Crippen LogP contribution in [0, 0.1) is 0 Å². The van der Waals surface area contributed by atoms with E-state index in [1.54, 1.807) is 77.6 Å². The van der Waals surface area contributed by atoms with E-state index in [0.717, 1.165) is 12.8 Å². The topological polar surface area (TPSA) is 325 Å². The molecule has 2 fully saturated rings. The Hall–Kier alpha value is -7.20. The highest BCUT2D eigenvalue weighted by Gasteiger charge is 2.51. The molecule has 4 amide bonds. The lowest BCUT2D eigenvalue weighted by molar-refractivity contribution is 0.0414. The molecule has 3 aliphatic heterocycles. The molecule has 2 unspecified atom stereocenters. The molecule has 5 aromatic rings. The SMILES string of the molecule is NN.N[C@H]1CCCC2(C1)NC(=O)c1ccc(Nc3ccncn3)c(=O)n12.O.O=C1NC2(CCC[C@H](N3C(=O)c4ccccc4C3=O)C2)n2c1ccc(Nc1ccncn1)c2=O. The van der Waals surface area contributed by atoms with E-state index in [4.69, 9.17) is 5.73 Å². The first-order valence-electron chi connectivity index (χ1n) is 19.4. The van der Waals surface area contributed by atoms with Crippen molar-refractivity contribution in [3.63, 3.8) is 0 Å². The normalized spacial score (nSPS) is 23.0. The molecule has 21 heteroatoms. The summed E-state index contributed by atoms with van der Waals surface area (Å²) in [6, 6.07) is 16.0. The van der Waals surface area contributed by atoms with E-state index in [1.165, 1.54) is 22.1 Å². The summed E-state index contributed by atoms with van der Waals surface area (Å²) in [7, 11) is 0. The molecule has 2 saturated carbocycles. The Kier molecular flexibility index (Phi) is 11.6. The summed E-state index contributed by atoms with van der Waals surface area (Å²) in [5.41, 5.74) is 5.77. The molecule has 10 rings (SSSR count). The van der Waals surface area contributed by atoms with Crippen molar-refractivity contribution in [2.45, 2.75) is 74.8 Å². The fraction of sp³-hybridized carbons (Fsp3) is 0.300. The number of nitrogens with two attached hydrogens (primary N) is 3. The molecule has 21 nitrogen and oxygen atoms in total. The van der Waals surface area contributed by atoms with Crippen LogP contribution in [0.15, 0.2) is 95.3 Å². The van der Waals surface area contributed by atoms with E-state index in [9.17, 15) is 28.8 Å².